The summed E-state index contributed by atoms with van der Waals surface area (Å²) < 4.78 is 13.6. The normalized spacial score (nSPS) is 17.8. The Morgan fingerprint density at radius 3 is 2.71 bits per heavy atom. The second kappa shape index (κ2) is 7.47. The van der Waals surface area contributed by atoms with Gasteiger partial charge in [-0.25, -0.2) is 4.39 Å². The van der Waals surface area contributed by atoms with E-state index in [-0.39, 0.29) is 11.5 Å². The standard InChI is InChI=1S/C15H23FN4O/c1-2-12(3-5-17)19-7-9-20(10-8-19)15(21)13-4-6-18-11-14(13)16/h4,6,11-12H,2-3,5,7-10,17H2,1H3. The molecule has 0 saturated carbocycles. The summed E-state index contributed by atoms with van der Waals surface area (Å²) in [5.41, 5.74) is 5.75. The largest absolute Gasteiger partial charge is 0.336 e. The monoisotopic (exact) mass is 294 g/mol. The van der Waals surface area contributed by atoms with Crippen molar-refractivity contribution < 1.29 is 9.18 Å². The Bertz CT molecular complexity index is 474. The van der Waals surface area contributed by atoms with Crippen LogP contribution in [0.5, 0.6) is 0 Å². The van der Waals surface area contributed by atoms with Crippen molar-refractivity contribution in [1.29, 1.82) is 0 Å². The highest BCUT2D eigenvalue weighted by molar-refractivity contribution is 5.94. The van der Waals surface area contributed by atoms with Crippen molar-refractivity contribution in [3.05, 3.63) is 29.8 Å². The van der Waals surface area contributed by atoms with E-state index in [2.05, 4.69) is 16.8 Å². The summed E-state index contributed by atoms with van der Waals surface area (Å²) in [4.78, 5) is 20.1. The number of nitrogens with two attached hydrogens (primary N) is 1. The lowest BCUT2D eigenvalue weighted by Crippen LogP contribution is -2.52. The van der Waals surface area contributed by atoms with E-state index in [1.165, 1.54) is 12.3 Å². The lowest BCUT2D eigenvalue weighted by atomic mass is 10.1. The summed E-state index contributed by atoms with van der Waals surface area (Å²) >= 11 is 0. The lowest BCUT2D eigenvalue weighted by molar-refractivity contribution is 0.0552. The fourth-order valence-electron chi connectivity index (χ4n) is 2.85. The minimum atomic E-state index is -0.556. The summed E-state index contributed by atoms with van der Waals surface area (Å²) in [6.07, 6.45) is 4.56. The van der Waals surface area contributed by atoms with Crippen LogP contribution in [0, 0.1) is 5.82 Å². The first kappa shape index (κ1) is 15.9. The van der Waals surface area contributed by atoms with Crippen LogP contribution in [0.1, 0.15) is 30.1 Å². The van der Waals surface area contributed by atoms with Gasteiger partial charge in [0.2, 0.25) is 0 Å². The van der Waals surface area contributed by atoms with Gasteiger partial charge in [0, 0.05) is 38.4 Å². The molecule has 1 aromatic heterocycles. The maximum Gasteiger partial charge on any atom is 0.257 e. The maximum absolute atomic E-state index is 13.6. The molecule has 0 radical (unpaired) electrons. The van der Waals surface area contributed by atoms with E-state index in [0.29, 0.717) is 25.7 Å². The SMILES string of the molecule is CCC(CCN)N1CCN(C(=O)c2ccncc2F)CC1. The van der Waals surface area contributed by atoms with E-state index in [1.807, 2.05) is 0 Å². The minimum Gasteiger partial charge on any atom is -0.336 e. The van der Waals surface area contributed by atoms with Crippen molar-refractivity contribution in [2.75, 3.05) is 32.7 Å². The lowest BCUT2D eigenvalue weighted by Gasteiger charge is -2.39. The van der Waals surface area contributed by atoms with Gasteiger partial charge in [-0.3, -0.25) is 14.7 Å². The van der Waals surface area contributed by atoms with Crippen LogP contribution in [0.4, 0.5) is 4.39 Å². The molecule has 1 aliphatic heterocycles. The van der Waals surface area contributed by atoms with E-state index in [0.717, 1.165) is 32.1 Å². The smallest absolute Gasteiger partial charge is 0.257 e. The number of hydrogen-bond acceptors (Lipinski definition) is 4. The number of rotatable bonds is 5. The van der Waals surface area contributed by atoms with Gasteiger partial charge in [0.1, 0.15) is 0 Å². The highest BCUT2D eigenvalue weighted by Gasteiger charge is 2.26. The van der Waals surface area contributed by atoms with Crippen molar-refractivity contribution >= 4 is 5.91 Å². The molecule has 0 aliphatic carbocycles. The molecule has 1 aromatic rings. The molecule has 2 heterocycles. The van der Waals surface area contributed by atoms with Crippen molar-refractivity contribution in [1.82, 2.24) is 14.8 Å². The summed E-state index contributed by atoms with van der Waals surface area (Å²) in [5.74, 6) is -0.805. The average molecular weight is 294 g/mol. The molecule has 1 fully saturated rings. The number of hydrogen-bond donors (Lipinski definition) is 1. The molecular formula is C15H23FN4O. The van der Waals surface area contributed by atoms with Gasteiger partial charge < -0.3 is 10.6 Å². The minimum absolute atomic E-state index is 0.104. The van der Waals surface area contributed by atoms with Gasteiger partial charge in [-0.2, -0.15) is 0 Å². The number of aromatic nitrogens is 1. The second-order valence-electron chi connectivity index (χ2n) is 5.32. The zero-order valence-electron chi connectivity index (χ0n) is 12.5. The molecule has 1 unspecified atom stereocenters. The van der Waals surface area contributed by atoms with E-state index >= 15 is 0 Å². The Balaban J connectivity index is 1.95. The Kier molecular flexibility index (Phi) is 5.64. The third-order valence-corrected chi connectivity index (χ3v) is 4.09. The van der Waals surface area contributed by atoms with Crippen LogP contribution in [0.2, 0.25) is 0 Å². The summed E-state index contributed by atoms with van der Waals surface area (Å²) in [7, 11) is 0. The van der Waals surface area contributed by atoms with Crippen molar-refractivity contribution in [3.63, 3.8) is 0 Å². The quantitative estimate of drug-likeness (QED) is 0.883. The number of piperazine rings is 1. The van der Waals surface area contributed by atoms with Crippen molar-refractivity contribution in [2.45, 2.75) is 25.8 Å². The molecule has 21 heavy (non-hydrogen) atoms. The number of carbonyl (C=O) groups excluding carboxylic acids is 1. The number of halogens is 1. The van der Waals surface area contributed by atoms with Crippen LogP contribution in [0.3, 0.4) is 0 Å². The number of pyridine rings is 1. The molecule has 2 N–H and O–H groups in total. The molecule has 0 bridgehead atoms. The number of amides is 1. The van der Waals surface area contributed by atoms with Gasteiger partial charge in [0.05, 0.1) is 11.8 Å². The predicted molar refractivity (Wildman–Crippen MR) is 79.4 cm³/mol. The molecular weight excluding hydrogens is 271 g/mol. The highest BCUT2D eigenvalue weighted by Crippen LogP contribution is 2.15. The maximum atomic E-state index is 13.6. The Hall–Kier alpha value is -1.53. The Morgan fingerprint density at radius 2 is 2.14 bits per heavy atom. The van der Waals surface area contributed by atoms with Crippen LogP contribution in [-0.4, -0.2) is 59.5 Å². The summed E-state index contributed by atoms with van der Waals surface area (Å²) in [5, 5.41) is 0. The van der Waals surface area contributed by atoms with Crippen LogP contribution in [-0.2, 0) is 0 Å². The Labute approximate surface area is 124 Å². The average Bonchev–Trinajstić information content (AvgIpc) is 2.52. The first-order chi connectivity index (χ1) is 10.2. The predicted octanol–water partition coefficient (Wildman–Crippen LogP) is 1.11. The highest BCUT2D eigenvalue weighted by atomic mass is 19.1. The van der Waals surface area contributed by atoms with Crippen molar-refractivity contribution in [3.8, 4) is 0 Å². The molecule has 1 atom stereocenters. The molecule has 6 heteroatoms. The van der Waals surface area contributed by atoms with Gasteiger partial charge >= 0.3 is 0 Å². The molecule has 1 aliphatic rings. The molecule has 0 spiro atoms. The summed E-state index contributed by atoms with van der Waals surface area (Å²) in [6, 6.07) is 1.91. The van der Waals surface area contributed by atoms with Crippen LogP contribution < -0.4 is 5.73 Å². The first-order valence-corrected chi connectivity index (χ1v) is 7.50. The van der Waals surface area contributed by atoms with E-state index in [4.69, 9.17) is 5.73 Å². The van der Waals surface area contributed by atoms with Crippen LogP contribution in [0.15, 0.2) is 18.5 Å². The van der Waals surface area contributed by atoms with E-state index in [9.17, 15) is 9.18 Å². The molecule has 116 valence electrons. The zero-order valence-corrected chi connectivity index (χ0v) is 12.5. The van der Waals surface area contributed by atoms with Crippen LogP contribution in [0.25, 0.3) is 0 Å². The second-order valence-corrected chi connectivity index (χ2v) is 5.32. The third-order valence-electron chi connectivity index (χ3n) is 4.09. The molecule has 5 nitrogen and oxygen atoms in total. The van der Waals surface area contributed by atoms with E-state index < -0.39 is 5.82 Å². The van der Waals surface area contributed by atoms with Gasteiger partial charge in [-0.1, -0.05) is 6.92 Å². The first-order valence-electron chi connectivity index (χ1n) is 7.50. The van der Waals surface area contributed by atoms with Gasteiger partial charge in [0.15, 0.2) is 5.82 Å². The van der Waals surface area contributed by atoms with Gasteiger partial charge in [-0.15, -0.1) is 0 Å². The molecule has 1 saturated heterocycles. The molecule has 0 aromatic carbocycles. The van der Waals surface area contributed by atoms with E-state index in [1.54, 1.807) is 4.90 Å². The Morgan fingerprint density at radius 1 is 1.43 bits per heavy atom. The molecule has 2 rings (SSSR count). The number of nitrogens with zero attached hydrogens (tertiary/aromatic N) is 3. The third kappa shape index (κ3) is 3.77. The van der Waals surface area contributed by atoms with Crippen molar-refractivity contribution in [2.24, 2.45) is 5.73 Å². The van der Waals surface area contributed by atoms with Crippen LogP contribution >= 0.6 is 0 Å². The number of carbonyl (C=O) groups is 1. The fourth-order valence-corrected chi connectivity index (χ4v) is 2.85. The molecule has 1 amide bonds. The zero-order chi connectivity index (χ0) is 15.2. The topological polar surface area (TPSA) is 62.5 Å². The summed E-state index contributed by atoms with van der Waals surface area (Å²) in [6.45, 7) is 5.72. The van der Waals surface area contributed by atoms with Gasteiger partial charge in [-0.05, 0) is 25.5 Å². The van der Waals surface area contributed by atoms with Gasteiger partial charge in [0.25, 0.3) is 5.91 Å². The fraction of sp³-hybridized carbons (Fsp3) is 0.600.